The van der Waals surface area contributed by atoms with E-state index in [9.17, 15) is 14.4 Å². The highest BCUT2D eigenvalue weighted by atomic mass is 35.5. The molecule has 3 amide bonds. The van der Waals surface area contributed by atoms with Crippen molar-refractivity contribution in [1.82, 2.24) is 15.1 Å². The van der Waals surface area contributed by atoms with Gasteiger partial charge >= 0.3 is 0 Å². The number of hydrogen-bond acceptors (Lipinski definition) is 3. The minimum Gasteiger partial charge on any atom is -0.344 e. The summed E-state index contributed by atoms with van der Waals surface area (Å²) in [5.74, 6) is -0.449. The Kier molecular flexibility index (Phi) is 6.94. The standard InChI is InChI=1S/C26H26ClN3O3/c1-18(31)28-24(17-21-7-4-6-19-5-2-3-8-23(19)21)26(33)30-15-13-29(14-16-30)25(32)20-9-11-22(27)12-10-20/h2-12,24H,13-17H2,1H3,(H,28,31)/t24-/m1/s1. The predicted octanol–water partition coefficient (Wildman–Crippen LogP) is 3.53. The average molecular weight is 464 g/mol. The Morgan fingerprint density at radius 3 is 2.21 bits per heavy atom. The number of hydrogen-bond donors (Lipinski definition) is 1. The van der Waals surface area contributed by atoms with Crippen LogP contribution in [0.2, 0.25) is 5.02 Å². The van der Waals surface area contributed by atoms with E-state index >= 15 is 0 Å². The molecular formula is C26H26ClN3O3. The quantitative estimate of drug-likeness (QED) is 0.629. The van der Waals surface area contributed by atoms with Gasteiger partial charge in [-0.15, -0.1) is 0 Å². The lowest BCUT2D eigenvalue weighted by Crippen LogP contribution is -2.56. The van der Waals surface area contributed by atoms with Crippen molar-refractivity contribution in [2.75, 3.05) is 26.2 Å². The van der Waals surface area contributed by atoms with Crippen LogP contribution in [0.1, 0.15) is 22.8 Å². The molecule has 0 bridgehead atoms. The molecule has 0 aromatic heterocycles. The summed E-state index contributed by atoms with van der Waals surface area (Å²) < 4.78 is 0. The van der Waals surface area contributed by atoms with Gasteiger partial charge in [0.15, 0.2) is 0 Å². The third-order valence-electron chi connectivity index (χ3n) is 5.95. The lowest BCUT2D eigenvalue weighted by atomic mass is 9.98. The first kappa shape index (κ1) is 22.8. The molecule has 1 heterocycles. The number of carbonyl (C=O) groups excluding carboxylic acids is 3. The molecular weight excluding hydrogens is 438 g/mol. The lowest BCUT2D eigenvalue weighted by molar-refractivity contribution is -0.137. The smallest absolute Gasteiger partial charge is 0.253 e. The Balaban J connectivity index is 1.45. The fourth-order valence-corrected chi connectivity index (χ4v) is 4.39. The summed E-state index contributed by atoms with van der Waals surface area (Å²) >= 11 is 5.91. The molecule has 170 valence electrons. The molecule has 0 radical (unpaired) electrons. The molecule has 6 nitrogen and oxygen atoms in total. The van der Waals surface area contributed by atoms with Crippen molar-refractivity contribution in [2.24, 2.45) is 0 Å². The first-order valence-electron chi connectivity index (χ1n) is 11.0. The Morgan fingerprint density at radius 1 is 0.879 bits per heavy atom. The van der Waals surface area contributed by atoms with Crippen LogP contribution in [-0.4, -0.2) is 59.7 Å². The second kappa shape index (κ2) is 10.0. The Morgan fingerprint density at radius 2 is 1.52 bits per heavy atom. The van der Waals surface area contributed by atoms with Gasteiger partial charge in [0.25, 0.3) is 5.91 Å². The van der Waals surface area contributed by atoms with Crippen molar-refractivity contribution in [2.45, 2.75) is 19.4 Å². The number of nitrogens with one attached hydrogen (secondary N) is 1. The first-order valence-corrected chi connectivity index (χ1v) is 11.4. The molecule has 1 aliphatic rings. The van der Waals surface area contributed by atoms with Crippen molar-refractivity contribution in [3.05, 3.63) is 82.9 Å². The summed E-state index contributed by atoms with van der Waals surface area (Å²) in [6.45, 7) is 3.14. The van der Waals surface area contributed by atoms with E-state index in [1.54, 1.807) is 34.1 Å². The van der Waals surface area contributed by atoms with Gasteiger partial charge in [-0.05, 0) is 40.6 Å². The van der Waals surface area contributed by atoms with E-state index in [4.69, 9.17) is 11.6 Å². The van der Waals surface area contributed by atoms with Crippen LogP contribution in [-0.2, 0) is 16.0 Å². The molecule has 1 aliphatic heterocycles. The van der Waals surface area contributed by atoms with Gasteiger partial charge in [0.05, 0.1) is 0 Å². The van der Waals surface area contributed by atoms with E-state index in [1.165, 1.54) is 6.92 Å². The van der Waals surface area contributed by atoms with Crippen LogP contribution in [0.25, 0.3) is 10.8 Å². The summed E-state index contributed by atoms with van der Waals surface area (Å²) in [4.78, 5) is 41.5. The topological polar surface area (TPSA) is 69.7 Å². The van der Waals surface area contributed by atoms with Gasteiger partial charge in [-0.25, -0.2) is 0 Å². The number of halogens is 1. The monoisotopic (exact) mass is 463 g/mol. The third kappa shape index (κ3) is 5.34. The minimum absolute atomic E-state index is 0.0760. The van der Waals surface area contributed by atoms with Crippen LogP contribution in [0.15, 0.2) is 66.7 Å². The van der Waals surface area contributed by atoms with Gasteiger partial charge in [0.2, 0.25) is 11.8 Å². The first-order chi connectivity index (χ1) is 15.9. The molecule has 0 spiro atoms. The Bertz CT molecular complexity index is 1170. The van der Waals surface area contributed by atoms with Crippen LogP contribution in [0.3, 0.4) is 0 Å². The zero-order valence-corrected chi connectivity index (χ0v) is 19.2. The van der Waals surface area contributed by atoms with E-state index in [0.29, 0.717) is 43.2 Å². The largest absolute Gasteiger partial charge is 0.344 e. The van der Waals surface area contributed by atoms with Crippen LogP contribution < -0.4 is 5.32 Å². The van der Waals surface area contributed by atoms with Gasteiger partial charge in [-0.3, -0.25) is 14.4 Å². The van der Waals surface area contributed by atoms with E-state index in [2.05, 4.69) is 5.32 Å². The highest BCUT2D eigenvalue weighted by Gasteiger charge is 2.30. The number of carbonyl (C=O) groups is 3. The number of piperazine rings is 1. The summed E-state index contributed by atoms with van der Waals surface area (Å²) in [7, 11) is 0. The van der Waals surface area contributed by atoms with Crippen LogP contribution in [0.5, 0.6) is 0 Å². The fourth-order valence-electron chi connectivity index (χ4n) is 4.26. The Hall–Kier alpha value is -3.38. The molecule has 0 saturated carbocycles. The SMILES string of the molecule is CC(=O)N[C@H](Cc1cccc2ccccc12)C(=O)N1CCN(C(=O)c2ccc(Cl)cc2)CC1. The van der Waals surface area contributed by atoms with Crippen LogP contribution in [0.4, 0.5) is 0 Å². The zero-order valence-electron chi connectivity index (χ0n) is 18.5. The van der Waals surface area contributed by atoms with Gasteiger partial charge in [-0.2, -0.15) is 0 Å². The number of amides is 3. The second-order valence-electron chi connectivity index (χ2n) is 8.22. The third-order valence-corrected chi connectivity index (χ3v) is 6.20. The van der Waals surface area contributed by atoms with Gasteiger partial charge in [-0.1, -0.05) is 54.1 Å². The normalized spacial score (nSPS) is 14.7. The molecule has 3 aromatic rings. The van der Waals surface area contributed by atoms with Gasteiger partial charge < -0.3 is 15.1 Å². The Labute approximate surface area is 198 Å². The van der Waals surface area contributed by atoms with E-state index in [-0.39, 0.29) is 17.7 Å². The van der Waals surface area contributed by atoms with Crippen molar-refractivity contribution in [1.29, 1.82) is 0 Å². The lowest BCUT2D eigenvalue weighted by Gasteiger charge is -2.36. The number of rotatable bonds is 5. The summed E-state index contributed by atoms with van der Waals surface area (Å²) in [6, 6.07) is 20.1. The maximum absolute atomic E-state index is 13.4. The zero-order chi connectivity index (χ0) is 23.4. The number of benzene rings is 3. The highest BCUT2D eigenvalue weighted by Crippen LogP contribution is 2.21. The molecule has 4 rings (SSSR count). The van der Waals surface area contributed by atoms with Crippen molar-refractivity contribution >= 4 is 40.1 Å². The molecule has 0 aliphatic carbocycles. The molecule has 1 saturated heterocycles. The van der Waals surface area contributed by atoms with Crippen LogP contribution in [0, 0.1) is 0 Å². The molecule has 1 atom stereocenters. The van der Waals surface area contributed by atoms with Gasteiger partial charge in [0.1, 0.15) is 6.04 Å². The predicted molar refractivity (Wildman–Crippen MR) is 129 cm³/mol. The molecule has 0 unspecified atom stereocenters. The van der Waals surface area contributed by atoms with E-state index in [0.717, 1.165) is 16.3 Å². The summed E-state index contributed by atoms with van der Waals surface area (Å²) in [6.07, 6.45) is 0.406. The van der Waals surface area contributed by atoms with Crippen molar-refractivity contribution < 1.29 is 14.4 Å². The fraction of sp³-hybridized carbons (Fsp3) is 0.269. The summed E-state index contributed by atoms with van der Waals surface area (Å²) in [5, 5.41) is 5.58. The minimum atomic E-state index is -0.660. The van der Waals surface area contributed by atoms with E-state index in [1.807, 2.05) is 42.5 Å². The molecule has 1 fully saturated rings. The molecule has 1 N–H and O–H groups in total. The maximum atomic E-state index is 13.4. The summed E-state index contributed by atoms with van der Waals surface area (Å²) in [5.41, 5.74) is 1.59. The van der Waals surface area contributed by atoms with Crippen molar-refractivity contribution in [3.63, 3.8) is 0 Å². The maximum Gasteiger partial charge on any atom is 0.253 e. The molecule has 3 aromatic carbocycles. The highest BCUT2D eigenvalue weighted by molar-refractivity contribution is 6.30. The second-order valence-corrected chi connectivity index (χ2v) is 8.66. The van der Waals surface area contributed by atoms with Crippen LogP contribution >= 0.6 is 11.6 Å². The number of nitrogens with zero attached hydrogens (tertiary/aromatic N) is 2. The molecule has 33 heavy (non-hydrogen) atoms. The van der Waals surface area contributed by atoms with Gasteiger partial charge in [0, 0.05) is 50.1 Å². The molecule has 7 heteroatoms. The number of fused-ring (bicyclic) bond motifs is 1. The van der Waals surface area contributed by atoms with Crippen molar-refractivity contribution in [3.8, 4) is 0 Å². The average Bonchev–Trinajstić information content (AvgIpc) is 2.83. The van der Waals surface area contributed by atoms with E-state index < -0.39 is 6.04 Å².